The standard InChI is InChI=1S/C102H64N2O2/c1-7-22-65(23-8-1)72-32-21-35-83(57-72)104-94-48-42-73(58-87(94)88-60-75(44-50-95(88)104)76-45-51-96-89(61-76)90-62-78(47-52-97(90)105-96)81-55-79(66-24-9-2-10-25-66)54-80(56-81)67-26-11-3-12-27-67)68-38-40-71(41-39-68)100-85(69-28-13-4-14-29-69)64-99-102(101(100)70-30-15-5-16-31-70)91-63-77(46-53-98(91)106-99)74-43-49-93-86(59-74)84-36-19-20-37-92(84)103(93)82-33-17-6-18-34-82/h1-64H. The van der Waals surface area contributed by atoms with Crippen LogP contribution in [0.3, 0.4) is 0 Å². The number of hydrogen-bond acceptors (Lipinski definition) is 2. The molecule has 4 aromatic heterocycles. The molecule has 106 heavy (non-hydrogen) atoms. The average molecular weight is 1350 g/mol. The van der Waals surface area contributed by atoms with Crippen molar-refractivity contribution in [3.63, 3.8) is 0 Å². The number of fused-ring (bicyclic) bond motifs is 12. The molecule has 17 aromatic carbocycles. The molecule has 4 heterocycles. The minimum absolute atomic E-state index is 0.845. The number of hydrogen-bond donors (Lipinski definition) is 0. The van der Waals surface area contributed by atoms with Crippen LogP contribution in [0.4, 0.5) is 0 Å². The van der Waals surface area contributed by atoms with Crippen molar-refractivity contribution in [2.45, 2.75) is 0 Å². The van der Waals surface area contributed by atoms with Crippen LogP contribution in [-0.4, -0.2) is 9.13 Å². The topological polar surface area (TPSA) is 36.1 Å². The van der Waals surface area contributed by atoms with Crippen molar-refractivity contribution >= 4 is 87.5 Å². The Morgan fingerprint density at radius 3 is 1.03 bits per heavy atom. The largest absolute Gasteiger partial charge is 0.456 e. The third kappa shape index (κ3) is 10.3. The molecule has 0 bridgehead atoms. The molecular weight excluding hydrogens is 1290 g/mol. The van der Waals surface area contributed by atoms with Gasteiger partial charge in [-0.25, -0.2) is 0 Å². The van der Waals surface area contributed by atoms with Crippen molar-refractivity contribution in [2.24, 2.45) is 0 Å². The van der Waals surface area contributed by atoms with Crippen LogP contribution >= 0.6 is 0 Å². The summed E-state index contributed by atoms with van der Waals surface area (Å²) in [5.41, 5.74) is 33.1. The van der Waals surface area contributed by atoms with E-state index in [4.69, 9.17) is 8.83 Å². The number of nitrogens with zero attached hydrogens (tertiary/aromatic N) is 2. The number of aromatic nitrogens is 2. The van der Waals surface area contributed by atoms with E-state index >= 15 is 0 Å². The highest BCUT2D eigenvalue weighted by molar-refractivity contribution is 6.20. The van der Waals surface area contributed by atoms with Crippen molar-refractivity contribution in [1.82, 2.24) is 9.13 Å². The van der Waals surface area contributed by atoms with Gasteiger partial charge in [0.05, 0.1) is 22.1 Å². The van der Waals surface area contributed by atoms with E-state index in [1.807, 2.05) is 0 Å². The third-order valence-corrected chi connectivity index (χ3v) is 21.7. The van der Waals surface area contributed by atoms with E-state index in [-0.39, 0.29) is 0 Å². The van der Waals surface area contributed by atoms with E-state index in [0.717, 1.165) is 144 Å². The monoisotopic (exact) mass is 1350 g/mol. The molecule has 0 fully saturated rings. The molecule has 0 atom stereocenters. The predicted octanol–water partition coefficient (Wildman–Crippen LogP) is 28.3. The van der Waals surface area contributed by atoms with Gasteiger partial charge in [0.1, 0.15) is 22.3 Å². The molecule has 4 nitrogen and oxygen atoms in total. The van der Waals surface area contributed by atoms with Crippen LogP contribution < -0.4 is 0 Å². The molecule has 0 amide bonds. The smallest absolute Gasteiger partial charge is 0.136 e. The quantitative estimate of drug-likeness (QED) is 0.122. The maximum Gasteiger partial charge on any atom is 0.136 e. The lowest BCUT2D eigenvalue weighted by molar-refractivity contribution is 0.668. The summed E-state index contributed by atoms with van der Waals surface area (Å²) in [6.45, 7) is 0. The first-order valence-corrected chi connectivity index (χ1v) is 36.3. The Labute approximate surface area is 612 Å². The summed E-state index contributed by atoms with van der Waals surface area (Å²) in [4.78, 5) is 0. The van der Waals surface area contributed by atoms with Crippen molar-refractivity contribution in [3.05, 3.63) is 388 Å². The number of furan rings is 2. The van der Waals surface area contributed by atoms with Gasteiger partial charge in [0.15, 0.2) is 0 Å². The van der Waals surface area contributed by atoms with Gasteiger partial charge in [0.2, 0.25) is 0 Å². The molecule has 4 heteroatoms. The lowest BCUT2D eigenvalue weighted by atomic mass is 9.84. The van der Waals surface area contributed by atoms with Crippen molar-refractivity contribution < 1.29 is 8.83 Å². The molecule has 21 aromatic rings. The zero-order chi connectivity index (χ0) is 69.8. The fraction of sp³-hybridized carbons (Fsp3) is 0. The third-order valence-electron chi connectivity index (χ3n) is 21.7. The Morgan fingerprint density at radius 1 is 0.160 bits per heavy atom. The maximum absolute atomic E-state index is 7.04. The molecule has 0 saturated heterocycles. The minimum atomic E-state index is 0.845. The molecule has 0 unspecified atom stereocenters. The van der Waals surface area contributed by atoms with Crippen LogP contribution in [0, 0.1) is 0 Å². The van der Waals surface area contributed by atoms with E-state index < -0.39 is 0 Å². The van der Waals surface area contributed by atoms with E-state index in [0.29, 0.717) is 0 Å². The Balaban J connectivity index is 0.698. The van der Waals surface area contributed by atoms with Gasteiger partial charge in [-0.3, -0.25) is 0 Å². The van der Waals surface area contributed by atoms with E-state index in [1.165, 1.54) is 66.0 Å². The van der Waals surface area contributed by atoms with Gasteiger partial charge in [-0.2, -0.15) is 0 Å². The fourth-order valence-electron chi connectivity index (χ4n) is 16.6. The second kappa shape index (κ2) is 24.9. The molecule has 0 N–H and O–H groups in total. The summed E-state index contributed by atoms with van der Waals surface area (Å²) in [6, 6.07) is 142. The first-order chi connectivity index (χ1) is 52.5. The Bertz CT molecular complexity index is 6950. The average Bonchev–Trinajstić information content (AvgIpc) is 1.53. The van der Waals surface area contributed by atoms with Crippen molar-refractivity contribution in [1.29, 1.82) is 0 Å². The summed E-state index contributed by atoms with van der Waals surface area (Å²) in [6.07, 6.45) is 0. The Hall–Kier alpha value is -14.1. The van der Waals surface area contributed by atoms with Crippen LogP contribution in [0.15, 0.2) is 397 Å². The summed E-state index contributed by atoms with van der Waals surface area (Å²) in [5.74, 6) is 0. The second-order valence-corrected chi connectivity index (χ2v) is 27.9. The van der Waals surface area contributed by atoms with Gasteiger partial charge in [-0.15, -0.1) is 0 Å². The van der Waals surface area contributed by atoms with Crippen molar-refractivity contribution in [2.75, 3.05) is 0 Å². The van der Waals surface area contributed by atoms with Gasteiger partial charge < -0.3 is 18.0 Å². The van der Waals surface area contributed by atoms with Crippen LogP contribution in [-0.2, 0) is 0 Å². The molecule has 0 radical (unpaired) electrons. The van der Waals surface area contributed by atoms with Gasteiger partial charge in [0.25, 0.3) is 0 Å². The lowest BCUT2D eigenvalue weighted by Crippen LogP contribution is -1.94. The minimum Gasteiger partial charge on any atom is -0.456 e. The summed E-state index contributed by atoms with van der Waals surface area (Å²) in [5, 5.41) is 9.10. The van der Waals surface area contributed by atoms with Gasteiger partial charge in [0, 0.05) is 60.0 Å². The summed E-state index contributed by atoms with van der Waals surface area (Å²) in [7, 11) is 0. The first kappa shape index (κ1) is 60.7. The molecule has 21 rings (SSSR count). The lowest BCUT2D eigenvalue weighted by Gasteiger charge is -2.18. The zero-order valence-electron chi connectivity index (χ0n) is 57.7. The SMILES string of the molecule is c1ccc(-c2cc(-c3ccccc3)cc(-c3ccc4oc5ccc(-c6ccc7c(c6)c6cc(-c8ccc(-c9c(-c%10ccccc%10)cc%10oc%11ccc(-c%12ccc%13c(c%12)c%12ccccc%12n%13-c%12ccccc%12)cc%11c%10c9-c9ccccc9)cc8)ccc6n7-c6cccc(-c7ccccc7)c6)cc5c4c3)c2)cc1. The van der Waals surface area contributed by atoms with Crippen LogP contribution in [0.5, 0.6) is 0 Å². The van der Waals surface area contributed by atoms with E-state index in [1.54, 1.807) is 0 Å². The number of para-hydroxylation sites is 2. The highest BCUT2D eigenvalue weighted by Crippen LogP contribution is 2.50. The zero-order valence-corrected chi connectivity index (χ0v) is 57.7. The summed E-state index contributed by atoms with van der Waals surface area (Å²) < 4.78 is 18.5. The van der Waals surface area contributed by atoms with Gasteiger partial charge >= 0.3 is 0 Å². The molecule has 0 aliphatic heterocycles. The molecule has 494 valence electrons. The fourth-order valence-corrected chi connectivity index (χ4v) is 16.6. The molecular formula is C102H64N2O2. The number of rotatable bonds is 12. The van der Waals surface area contributed by atoms with Crippen LogP contribution in [0.25, 0.3) is 210 Å². The Morgan fingerprint density at radius 2 is 0.481 bits per heavy atom. The second-order valence-electron chi connectivity index (χ2n) is 27.9. The highest BCUT2D eigenvalue weighted by atomic mass is 16.3. The van der Waals surface area contributed by atoms with Crippen LogP contribution in [0.2, 0.25) is 0 Å². The first-order valence-electron chi connectivity index (χ1n) is 36.3. The van der Waals surface area contributed by atoms with Gasteiger partial charge in [-0.05, 0) is 233 Å². The summed E-state index contributed by atoms with van der Waals surface area (Å²) >= 11 is 0. The van der Waals surface area contributed by atoms with E-state index in [9.17, 15) is 0 Å². The molecule has 0 aliphatic carbocycles. The normalized spacial score (nSPS) is 11.8. The molecule has 0 saturated carbocycles. The highest BCUT2D eigenvalue weighted by Gasteiger charge is 2.25. The molecule has 0 spiro atoms. The van der Waals surface area contributed by atoms with Gasteiger partial charge in [-0.1, -0.05) is 261 Å². The van der Waals surface area contributed by atoms with E-state index in [2.05, 4.69) is 397 Å². The number of benzene rings is 17. The van der Waals surface area contributed by atoms with Crippen molar-refractivity contribution in [3.8, 4) is 123 Å². The maximum atomic E-state index is 7.04. The Kier molecular flexibility index (Phi) is 14.2. The predicted molar refractivity (Wildman–Crippen MR) is 444 cm³/mol. The molecule has 0 aliphatic rings. The van der Waals surface area contributed by atoms with Crippen LogP contribution in [0.1, 0.15) is 0 Å².